The Labute approximate surface area is 146 Å². The maximum Gasteiger partial charge on any atom is 0.152 e. The number of aliphatic hydroxyl groups is 1. The molecule has 0 amide bonds. The van der Waals surface area contributed by atoms with Gasteiger partial charge < -0.3 is 22.0 Å². The van der Waals surface area contributed by atoms with Gasteiger partial charge in [0, 0.05) is 24.2 Å². The maximum absolute atomic E-state index is 9.87. The fourth-order valence-electron chi connectivity index (χ4n) is 3.70. The zero-order valence-corrected chi connectivity index (χ0v) is 15.1. The first-order chi connectivity index (χ1) is 10.6. The van der Waals surface area contributed by atoms with E-state index in [4.69, 9.17) is 0 Å². The van der Waals surface area contributed by atoms with Gasteiger partial charge in [-0.2, -0.15) is 0 Å². The van der Waals surface area contributed by atoms with E-state index in [-0.39, 0.29) is 24.6 Å². The van der Waals surface area contributed by atoms with Gasteiger partial charge in [0.15, 0.2) is 5.54 Å². The molecule has 23 heavy (non-hydrogen) atoms. The molecule has 0 aliphatic heterocycles. The molecular weight excluding hydrogens is 306 g/mol. The molecule has 0 saturated carbocycles. The number of aliphatic hydroxyl groups excluding tert-OH is 1. The summed E-state index contributed by atoms with van der Waals surface area (Å²) in [6, 6.07) is 21.3. The van der Waals surface area contributed by atoms with Crippen molar-refractivity contribution in [3.63, 3.8) is 0 Å². The van der Waals surface area contributed by atoms with Gasteiger partial charge in [0.2, 0.25) is 0 Å². The van der Waals surface area contributed by atoms with E-state index >= 15 is 0 Å². The number of quaternary nitrogens is 1. The van der Waals surface area contributed by atoms with Crippen molar-refractivity contribution in [1.82, 2.24) is 0 Å². The first kappa shape index (κ1) is 19.7. The van der Waals surface area contributed by atoms with Crippen molar-refractivity contribution in [2.45, 2.75) is 25.8 Å². The molecule has 0 fully saturated rings. The number of hydrogen-bond acceptors (Lipinski definition) is 1. The van der Waals surface area contributed by atoms with Crippen LogP contribution in [0.3, 0.4) is 0 Å². The van der Waals surface area contributed by atoms with E-state index in [0.717, 1.165) is 24.0 Å². The Balaban J connectivity index is 0.00000264. The number of nitrogens with zero attached hydrogens (tertiary/aromatic N) is 1. The third-order valence-corrected chi connectivity index (χ3v) is 5.29. The Morgan fingerprint density at radius 1 is 0.826 bits per heavy atom. The molecule has 0 spiro atoms. The van der Waals surface area contributed by atoms with Crippen molar-refractivity contribution in [3.8, 4) is 0 Å². The SMILES string of the molecule is CC[N+](C)(CC)C(CCO)(c1ccccc1)c1ccccc1.[Cl-]. The minimum atomic E-state index is -0.221. The van der Waals surface area contributed by atoms with Crippen LogP contribution in [0, 0.1) is 0 Å². The van der Waals surface area contributed by atoms with E-state index in [2.05, 4.69) is 81.6 Å². The van der Waals surface area contributed by atoms with Crippen molar-refractivity contribution < 1.29 is 22.0 Å². The summed E-state index contributed by atoms with van der Waals surface area (Å²) in [6.45, 7) is 6.68. The molecule has 2 aromatic rings. The molecule has 0 saturated heterocycles. The summed E-state index contributed by atoms with van der Waals surface area (Å²) in [5.74, 6) is 0. The lowest BCUT2D eigenvalue weighted by Gasteiger charge is -2.51. The van der Waals surface area contributed by atoms with Crippen LogP contribution < -0.4 is 12.4 Å². The first-order valence-electron chi connectivity index (χ1n) is 8.21. The molecule has 0 heterocycles. The normalized spacial score (nSPS) is 11.8. The molecule has 2 rings (SSSR count). The molecule has 0 aromatic heterocycles. The van der Waals surface area contributed by atoms with E-state index in [1.807, 2.05) is 0 Å². The molecule has 0 aliphatic rings. The molecular formula is C20H28ClNO. The van der Waals surface area contributed by atoms with Crippen molar-refractivity contribution in [1.29, 1.82) is 0 Å². The number of rotatable bonds is 7. The zero-order chi connectivity index (χ0) is 16.1. The fraction of sp³-hybridized carbons (Fsp3) is 0.400. The lowest BCUT2D eigenvalue weighted by Crippen LogP contribution is -3.00. The van der Waals surface area contributed by atoms with Crippen LogP contribution >= 0.6 is 0 Å². The van der Waals surface area contributed by atoms with Crippen molar-refractivity contribution in [2.24, 2.45) is 0 Å². The van der Waals surface area contributed by atoms with Crippen LogP contribution in [0.1, 0.15) is 31.4 Å². The lowest BCUT2D eigenvalue weighted by atomic mass is 9.76. The minimum Gasteiger partial charge on any atom is -1.00 e. The highest BCUT2D eigenvalue weighted by Crippen LogP contribution is 2.43. The Hall–Kier alpha value is -1.35. The molecule has 0 atom stereocenters. The van der Waals surface area contributed by atoms with E-state index in [1.165, 1.54) is 11.1 Å². The molecule has 3 heteroatoms. The van der Waals surface area contributed by atoms with Crippen LogP contribution in [0.4, 0.5) is 0 Å². The van der Waals surface area contributed by atoms with Gasteiger partial charge in [0.05, 0.1) is 20.1 Å². The van der Waals surface area contributed by atoms with Gasteiger partial charge in [-0.1, -0.05) is 60.7 Å². The second-order valence-corrected chi connectivity index (χ2v) is 6.09. The van der Waals surface area contributed by atoms with Gasteiger partial charge in [-0.15, -0.1) is 0 Å². The molecule has 126 valence electrons. The van der Waals surface area contributed by atoms with E-state index < -0.39 is 0 Å². The van der Waals surface area contributed by atoms with Gasteiger partial charge in [0.1, 0.15) is 0 Å². The first-order valence-corrected chi connectivity index (χ1v) is 8.21. The second-order valence-electron chi connectivity index (χ2n) is 6.09. The van der Waals surface area contributed by atoms with E-state index in [9.17, 15) is 5.11 Å². The lowest BCUT2D eigenvalue weighted by molar-refractivity contribution is -0.958. The Morgan fingerprint density at radius 2 is 1.22 bits per heavy atom. The monoisotopic (exact) mass is 333 g/mol. The summed E-state index contributed by atoms with van der Waals surface area (Å²) in [6.07, 6.45) is 0.721. The van der Waals surface area contributed by atoms with E-state index in [1.54, 1.807) is 0 Å². The molecule has 0 bridgehead atoms. The van der Waals surface area contributed by atoms with Crippen LogP contribution in [0.25, 0.3) is 0 Å². The van der Waals surface area contributed by atoms with Crippen molar-refractivity contribution in [2.75, 3.05) is 26.7 Å². The summed E-state index contributed by atoms with van der Waals surface area (Å²) < 4.78 is 0.877. The topological polar surface area (TPSA) is 20.2 Å². The zero-order valence-electron chi connectivity index (χ0n) is 14.4. The largest absolute Gasteiger partial charge is 1.00 e. The van der Waals surface area contributed by atoms with Crippen LogP contribution in [0.15, 0.2) is 60.7 Å². The molecule has 0 radical (unpaired) electrons. The van der Waals surface area contributed by atoms with Crippen molar-refractivity contribution >= 4 is 0 Å². The standard InChI is InChI=1S/C20H28NO.ClH/c1-4-21(3,5-2)20(16-17-22,18-12-8-6-9-13-18)19-14-10-7-11-15-19;/h6-15,22H,4-5,16-17H2,1-3H3;1H/q+1;/p-1. The maximum atomic E-state index is 9.87. The average molecular weight is 334 g/mol. The minimum absolute atomic E-state index is 0. The molecule has 2 aromatic carbocycles. The highest BCUT2D eigenvalue weighted by Gasteiger charge is 2.48. The Kier molecular flexibility index (Phi) is 7.27. The number of benzene rings is 2. The van der Waals surface area contributed by atoms with Crippen LogP contribution in [-0.4, -0.2) is 36.3 Å². The molecule has 0 aliphatic carbocycles. The molecule has 2 nitrogen and oxygen atoms in total. The second kappa shape index (κ2) is 8.49. The van der Waals surface area contributed by atoms with Gasteiger partial charge in [-0.3, -0.25) is 0 Å². The van der Waals surface area contributed by atoms with Gasteiger partial charge in [-0.25, -0.2) is 0 Å². The van der Waals surface area contributed by atoms with Gasteiger partial charge in [0.25, 0.3) is 0 Å². The number of hydrogen-bond donors (Lipinski definition) is 1. The summed E-state index contributed by atoms with van der Waals surface area (Å²) in [7, 11) is 2.30. The van der Waals surface area contributed by atoms with Crippen LogP contribution in [0.2, 0.25) is 0 Å². The van der Waals surface area contributed by atoms with Crippen molar-refractivity contribution in [3.05, 3.63) is 71.8 Å². The highest BCUT2D eigenvalue weighted by atomic mass is 35.5. The summed E-state index contributed by atoms with van der Waals surface area (Å²) in [4.78, 5) is 0. The third kappa shape index (κ3) is 3.45. The predicted molar refractivity (Wildman–Crippen MR) is 92.6 cm³/mol. The third-order valence-electron chi connectivity index (χ3n) is 5.29. The Bertz CT molecular complexity index is 527. The average Bonchev–Trinajstić information content (AvgIpc) is 2.60. The summed E-state index contributed by atoms with van der Waals surface area (Å²) in [5.41, 5.74) is 2.34. The Morgan fingerprint density at radius 3 is 1.52 bits per heavy atom. The summed E-state index contributed by atoms with van der Waals surface area (Å²) >= 11 is 0. The summed E-state index contributed by atoms with van der Waals surface area (Å²) in [5, 5.41) is 9.87. The highest BCUT2D eigenvalue weighted by molar-refractivity contribution is 5.36. The molecule has 0 unspecified atom stereocenters. The van der Waals surface area contributed by atoms with Crippen LogP contribution in [0.5, 0.6) is 0 Å². The van der Waals surface area contributed by atoms with Crippen LogP contribution in [-0.2, 0) is 5.54 Å². The fourth-order valence-corrected chi connectivity index (χ4v) is 3.70. The predicted octanol–water partition coefficient (Wildman–Crippen LogP) is 0.803. The molecule has 1 N–H and O–H groups in total. The smallest absolute Gasteiger partial charge is 0.152 e. The van der Waals surface area contributed by atoms with E-state index in [0.29, 0.717) is 0 Å². The van der Waals surface area contributed by atoms with Gasteiger partial charge in [-0.05, 0) is 13.8 Å². The van der Waals surface area contributed by atoms with Gasteiger partial charge >= 0.3 is 0 Å². The number of halogens is 1. The quantitative estimate of drug-likeness (QED) is 0.743.